The molecule has 1 rings (SSSR count). The first-order chi connectivity index (χ1) is 16.3. The highest BCUT2D eigenvalue weighted by Crippen LogP contribution is 2.55. The first-order valence-corrected chi connectivity index (χ1v) is 13.1. The molecule has 0 bridgehead atoms. The lowest BCUT2D eigenvalue weighted by Gasteiger charge is -2.53. The number of aliphatic hydroxyl groups excluding tert-OH is 3. The van der Waals surface area contributed by atoms with Crippen molar-refractivity contribution in [2.24, 2.45) is 11.3 Å². The molecule has 1 unspecified atom stereocenters. The second-order valence-electron chi connectivity index (χ2n) is 11.1. The zero-order valence-corrected chi connectivity index (χ0v) is 22.9. The molecule has 5 nitrogen and oxygen atoms in total. The van der Waals surface area contributed by atoms with Crippen molar-refractivity contribution in [3.8, 4) is 0 Å². The van der Waals surface area contributed by atoms with Gasteiger partial charge in [0.2, 0.25) is 0 Å². The Bertz CT molecular complexity index is 804. The lowest BCUT2D eigenvalue weighted by atomic mass is 9.54. The smallest absolute Gasteiger partial charge is 0.145 e. The normalized spacial score (nSPS) is 29.0. The van der Waals surface area contributed by atoms with Crippen molar-refractivity contribution >= 4 is 6.29 Å². The Morgan fingerprint density at radius 1 is 1.14 bits per heavy atom. The average Bonchev–Trinajstić information content (AvgIpc) is 2.81. The number of aliphatic hydroxyl groups is 4. The number of carbonyl (C=O) groups excluding carboxylic acids is 1. The van der Waals surface area contributed by atoms with Gasteiger partial charge in [-0.05, 0) is 109 Å². The Morgan fingerprint density at radius 2 is 1.80 bits per heavy atom. The van der Waals surface area contributed by atoms with Crippen molar-refractivity contribution in [3.05, 3.63) is 46.6 Å². The molecule has 0 aromatic carbocycles. The summed E-state index contributed by atoms with van der Waals surface area (Å²) in [6.45, 7) is 15.5. The van der Waals surface area contributed by atoms with Gasteiger partial charge in [-0.1, -0.05) is 42.4 Å². The van der Waals surface area contributed by atoms with Crippen LogP contribution < -0.4 is 0 Å². The van der Waals surface area contributed by atoms with Gasteiger partial charge in [0.1, 0.15) is 6.29 Å². The van der Waals surface area contributed by atoms with Crippen molar-refractivity contribution in [1.82, 2.24) is 0 Å². The van der Waals surface area contributed by atoms with E-state index in [1.54, 1.807) is 0 Å². The number of aldehydes is 1. The minimum absolute atomic E-state index is 0.0300. The summed E-state index contributed by atoms with van der Waals surface area (Å²) in [5.41, 5.74) is 3.35. The molecule has 0 amide bonds. The zero-order valence-electron chi connectivity index (χ0n) is 22.9. The van der Waals surface area contributed by atoms with Crippen LogP contribution in [0.1, 0.15) is 99.3 Å². The molecule has 0 radical (unpaired) electrons. The van der Waals surface area contributed by atoms with E-state index in [0.717, 1.165) is 53.4 Å². The van der Waals surface area contributed by atoms with E-state index in [2.05, 4.69) is 19.6 Å². The maximum Gasteiger partial charge on any atom is 0.145 e. The number of allylic oxidation sites excluding steroid dienone is 4. The van der Waals surface area contributed by atoms with Crippen molar-refractivity contribution in [3.63, 3.8) is 0 Å². The Hall–Kier alpha value is -1.53. The fourth-order valence-corrected chi connectivity index (χ4v) is 5.32. The topological polar surface area (TPSA) is 98.0 Å². The molecule has 200 valence electrons. The van der Waals surface area contributed by atoms with Gasteiger partial charge in [-0.3, -0.25) is 4.79 Å². The monoisotopic (exact) mass is 490 g/mol. The molecule has 0 aromatic rings. The highest BCUT2D eigenvalue weighted by Gasteiger charge is 2.52. The Kier molecular flexibility index (Phi) is 12.8. The second kappa shape index (κ2) is 14.3. The highest BCUT2D eigenvalue weighted by atomic mass is 16.3. The minimum atomic E-state index is -0.881. The third-order valence-electron chi connectivity index (χ3n) is 8.36. The van der Waals surface area contributed by atoms with Crippen LogP contribution >= 0.6 is 0 Å². The van der Waals surface area contributed by atoms with E-state index in [0.29, 0.717) is 38.5 Å². The van der Waals surface area contributed by atoms with Gasteiger partial charge in [0.25, 0.3) is 0 Å². The number of hydrogen-bond donors (Lipinski definition) is 4. The molecule has 1 saturated carbocycles. The van der Waals surface area contributed by atoms with Crippen molar-refractivity contribution in [1.29, 1.82) is 0 Å². The van der Waals surface area contributed by atoms with Crippen LogP contribution in [0.4, 0.5) is 0 Å². The van der Waals surface area contributed by atoms with E-state index >= 15 is 0 Å². The van der Waals surface area contributed by atoms with Crippen LogP contribution in [0.15, 0.2) is 46.6 Å². The number of rotatable bonds is 14. The Balaban J connectivity index is 2.90. The molecule has 0 aliphatic heterocycles. The lowest BCUT2D eigenvalue weighted by molar-refractivity contribution is -0.115. The fraction of sp³-hybridized carbons (Fsp3) is 0.700. The molecule has 4 N–H and O–H groups in total. The quantitative estimate of drug-likeness (QED) is 0.145. The SMILES string of the molecule is C=C(C)C(O)CC/C(C)=C/C[C@@H](O)/C(C)=C/CC[C@@]1(C)[C@H](CCCO)/C(=C(\C)C=O)CC[C@]1(C)O. The average molecular weight is 491 g/mol. The zero-order chi connectivity index (χ0) is 26.8. The van der Waals surface area contributed by atoms with Gasteiger partial charge in [-0.25, -0.2) is 0 Å². The highest BCUT2D eigenvalue weighted by molar-refractivity contribution is 5.74. The third-order valence-corrected chi connectivity index (χ3v) is 8.36. The van der Waals surface area contributed by atoms with Gasteiger partial charge in [-0.15, -0.1) is 0 Å². The molecule has 0 heterocycles. The van der Waals surface area contributed by atoms with Crippen molar-refractivity contribution in [2.45, 2.75) is 117 Å². The molecule has 5 heteroatoms. The van der Waals surface area contributed by atoms with Crippen LogP contribution in [-0.2, 0) is 4.79 Å². The van der Waals surface area contributed by atoms with Crippen LogP contribution in [0.25, 0.3) is 0 Å². The minimum Gasteiger partial charge on any atom is -0.396 e. The summed E-state index contributed by atoms with van der Waals surface area (Å²) in [6.07, 6.45) is 9.99. The van der Waals surface area contributed by atoms with Crippen LogP contribution in [0.2, 0.25) is 0 Å². The van der Waals surface area contributed by atoms with Crippen molar-refractivity contribution < 1.29 is 25.2 Å². The third kappa shape index (κ3) is 8.82. The summed E-state index contributed by atoms with van der Waals surface area (Å²) in [4.78, 5) is 11.6. The molecular formula is C30H50O5. The summed E-state index contributed by atoms with van der Waals surface area (Å²) in [5.74, 6) is 0.0300. The number of hydrogen-bond acceptors (Lipinski definition) is 5. The molecular weight excluding hydrogens is 440 g/mol. The molecule has 0 aromatic heterocycles. The standard InChI is InChI=1S/C30H50O5/c1-21(2)27(33)14-12-22(3)13-15-28(34)23(4)10-8-17-29(6)26(11-9-19-31)25(24(5)20-32)16-18-30(29,7)35/h10,13,20,26-28,31,33-35H,1,8-9,11-12,14-19H2,2-7H3/b22-13+,23-10+,25-24+/t26-,27?,28-,29+,30+/m1/s1. The van der Waals surface area contributed by atoms with Crippen molar-refractivity contribution in [2.75, 3.05) is 6.61 Å². The molecule has 35 heavy (non-hydrogen) atoms. The summed E-state index contributed by atoms with van der Waals surface area (Å²) in [5, 5.41) is 41.4. The van der Waals surface area contributed by atoms with E-state index in [4.69, 9.17) is 0 Å². The first kappa shape index (κ1) is 31.5. The molecule has 1 aliphatic carbocycles. The molecule has 1 fully saturated rings. The second-order valence-corrected chi connectivity index (χ2v) is 11.1. The van der Waals surface area contributed by atoms with E-state index in [1.165, 1.54) is 0 Å². The Labute approximate surface area is 213 Å². The maximum atomic E-state index is 11.6. The maximum absolute atomic E-state index is 11.6. The molecule has 5 atom stereocenters. The van der Waals surface area contributed by atoms with Gasteiger partial charge in [0.15, 0.2) is 0 Å². The lowest BCUT2D eigenvalue weighted by Crippen LogP contribution is -2.52. The molecule has 0 saturated heterocycles. The van der Waals surface area contributed by atoms with Crippen LogP contribution in [0, 0.1) is 11.3 Å². The first-order valence-electron chi connectivity index (χ1n) is 13.1. The van der Waals surface area contributed by atoms with Gasteiger partial charge < -0.3 is 20.4 Å². The van der Waals surface area contributed by atoms with E-state index < -0.39 is 23.2 Å². The summed E-state index contributed by atoms with van der Waals surface area (Å²) in [6, 6.07) is 0. The predicted molar refractivity (Wildman–Crippen MR) is 144 cm³/mol. The fourth-order valence-electron chi connectivity index (χ4n) is 5.32. The van der Waals surface area contributed by atoms with E-state index in [-0.39, 0.29) is 12.5 Å². The predicted octanol–water partition coefficient (Wildman–Crippen LogP) is 5.58. The van der Waals surface area contributed by atoms with Gasteiger partial charge in [0, 0.05) is 12.0 Å². The van der Waals surface area contributed by atoms with Crippen LogP contribution in [0.5, 0.6) is 0 Å². The summed E-state index contributed by atoms with van der Waals surface area (Å²) in [7, 11) is 0. The van der Waals surface area contributed by atoms with E-state index in [9.17, 15) is 25.2 Å². The summed E-state index contributed by atoms with van der Waals surface area (Å²) >= 11 is 0. The van der Waals surface area contributed by atoms with E-state index in [1.807, 2.05) is 40.7 Å². The molecule has 1 aliphatic rings. The number of carbonyl (C=O) groups is 1. The van der Waals surface area contributed by atoms with Gasteiger partial charge >= 0.3 is 0 Å². The summed E-state index contributed by atoms with van der Waals surface area (Å²) < 4.78 is 0. The van der Waals surface area contributed by atoms with Gasteiger partial charge in [-0.2, -0.15) is 0 Å². The van der Waals surface area contributed by atoms with Gasteiger partial charge in [0.05, 0.1) is 17.8 Å². The molecule has 0 spiro atoms. The largest absolute Gasteiger partial charge is 0.396 e. The van der Waals surface area contributed by atoms with Crippen LogP contribution in [-0.4, -0.2) is 51.1 Å². The Morgan fingerprint density at radius 3 is 2.37 bits per heavy atom. The van der Waals surface area contributed by atoms with Crippen LogP contribution in [0.3, 0.4) is 0 Å².